The molecule has 0 N–H and O–H groups in total. The van der Waals surface area contributed by atoms with Crippen LogP contribution in [0.5, 0.6) is 5.75 Å². The van der Waals surface area contributed by atoms with Crippen LogP contribution >= 0.6 is 0 Å². The van der Waals surface area contributed by atoms with Crippen molar-refractivity contribution in [3.8, 4) is 5.75 Å². The molecule has 140 valence electrons. The van der Waals surface area contributed by atoms with Crippen molar-refractivity contribution in [3.63, 3.8) is 0 Å². The van der Waals surface area contributed by atoms with E-state index in [2.05, 4.69) is 13.8 Å². The van der Waals surface area contributed by atoms with E-state index >= 15 is 0 Å². The molecule has 0 saturated carbocycles. The molecule has 1 aromatic carbocycles. The highest BCUT2D eigenvalue weighted by Crippen LogP contribution is 2.34. The maximum Gasteiger partial charge on any atom is 0.410 e. The van der Waals surface area contributed by atoms with E-state index in [9.17, 15) is 9.00 Å². The second-order valence-electron chi connectivity index (χ2n) is 8.21. The van der Waals surface area contributed by atoms with E-state index in [0.717, 1.165) is 17.1 Å². The summed E-state index contributed by atoms with van der Waals surface area (Å²) in [5, 5.41) is 0. The average molecular weight is 368 g/mol. The van der Waals surface area contributed by atoms with E-state index < -0.39 is 16.4 Å². The van der Waals surface area contributed by atoms with Gasteiger partial charge in [0.05, 0.1) is 6.61 Å². The van der Waals surface area contributed by atoms with Crippen molar-refractivity contribution in [2.45, 2.75) is 57.1 Å². The van der Waals surface area contributed by atoms with Crippen LogP contribution in [0.15, 0.2) is 29.2 Å². The maximum atomic E-state index is 12.4. The Bertz CT molecular complexity index is 634. The van der Waals surface area contributed by atoms with Crippen LogP contribution in [-0.2, 0) is 15.5 Å². The van der Waals surface area contributed by atoms with Crippen molar-refractivity contribution in [2.75, 3.05) is 19.4 Å². The molecule has 6 heteroatoms. The smallest absolute Gasteiger partial charge is 0.410 e. The number of carbonyl (C=O) groups excluding carboxylic acids is 1. The third-order valence-electron chi connectivity index (χ3n) is 4.21. The van der Waals surface area contributed by atoms with Crippen LogP contribution in [0.2, 0.25) is 0 Å². The molecular weight excluding hydrogens is 338 g/mol. The fourth-order valence-electron chi connectivity index (χ4n) is 3.08. The van der Waals surface area contributed by atoms with Gasteiger partial charge in [0.1, 0.15) is 11.4 Å². The summed E-state index contributed by atoms with van der Waals surface area (Å²) in [5.74, 6) is 1.00. The number of benzene rings is 1. The van der Waals surface area contributed by atoms with Gasteiger partial charge >= 0.3 is 6.09 Å². The summed E-state index contributed by atoms with van der Waals surface area (Å²) in [6.07, 6.45) is 2.25. The van der Waals surface area contributed by atoms with Gasteiger partial charge in [0, 0.05) is 40.0 Å². The lowest BCUT2D eigenvalue weighted by Gasteiger charge is -2.33. The monoisotopic (exact) mass is 367 g/mol. The highest BCUT2D eigenvalue weighted by Gasteiger charge is 2.43. The van der Waals surface area contributed by atoms with Crippen LogP contribution in [0, 0.1) is 5.92 Å². The van der Waals surface area contributed by atoms with Gasteiger partial charge in [0.25, 0.3) is 0 Å². The minimum Gasteiger partial charge on any atom is -0.493 e. The molecule has 1 heterocycles. The SMILES string of the molecule is CS(=O)c1ccc(OCC2CN(C(=O)OC(C)(C)C)C(C)(C)C2)cc1. The standard InChI is InChI=1S/C19H29NO4S/c1-18(2,3)24-17(21)20-12-14(11-19(20,4)5)13-23-15-7-9-16(10-8-15)25(6)22/h7-10,14H,11-13H2,1-6H3. The predicted molar refractivity (Wildman–Crippen MR) is 99.4 cm³/mol. The third-order valence-corrected chi connectivity index (χ3v) is 5.15. The number of rotatable bonds is 4. The maximum absolute atomic E-state index is 12.4. The molecule has 1 aliphatic rings. The first-order valence-corrected chi connectivity index (χ1v) is 10.1. The second-order valence-corrected chi connectivity index (χ2v) is 9.59. The molecule has 0 aromatic heterocycles. The Morgan fingerprint density at radius 3 is 2.40 bits per heavy atom. The molecule has 25 heavy (non-hydrogen) atoms. The summed E-state index contributed by atoms with van der Waals surface area (Å²) in [5.41, 5.74) is -0.748. The minimum atomic E-state index is -0.986. The second kappa shape index (κ2) is 7.36. The lowest BCUT2D eigenvalue weighted by atomic mass is 9.97. The first-order chi connectivity index (χ1) is 11.5. The Hall–Kier alpha value is -1.56. The number of likely N-dealkylation sites (tertiary alicyclic amines) is 1. The molecule has 0 spiro atoms. The molecule has 2 unspecified atom stereocenters. The van der Waals surface area contributed by atoms with Gasteiger partial charge in [-0.25, -0.2) is 4.79 Å². The van der Waals surface area contributed by atoms with Crippen molar-refractivity contribution in [1.29, 1.82) is 0 Å². The van der Waals surface area contributed by atoms with E-state index in [1.54, 1.807) is 11.2 Å². The van der Waals surface area contributed by atoms with E-state index in [0.29, 0.717) is 13.2 Å². The van der Waals surface area contributed by atoms with Gasteiger partial charge in [-0.2, -0.15) is 0 Å². The lowest BCUT2D eigenvalue weighted by molar-refractivity contribution is 0.0130. The minimum absolute atomic E-state index is 0.251. The summed E-state index contributed by atoms with van der Waals surface area (Å²) in [6.45, 7) is 10.9. The Morgan fingerprint density at radius 2 is 1.88 bits per heavy atom. The summed E-state index contributed by atoms with van der Waals surface area (Å²) >= 11 is 0. The predicted octanol–water partition coefficient (Wildman–Crippen LogP) is 3.84. The number of ether oxygens (including phenoxy) is 2. The van der Waals surface area contributed by atoms with Gasteiger partial charge in [0.2, 0.25) is 0 Å². The molecule has 0 radical (unpaired) electrons. The lowest BCUT2D eigenvalue weighted by Crippen LogP contribution is -2.45. The molecule has 1 fully saturated rings. The van der Waals surface area contributed by atoms with Gasteiger partial charge < -0.3 is 14.4 Å². The Labute approximate surface area is 153 Å². The van der Waals surface area contributed by atoms with Crippen molar-refractivity contribution < 1.29 is 18.5 Å². The van der Waals surface area contributed by atoms with Crippen LogP contribution in [0.25, 0.3) is 0 Å². The summed E-state index contributed by atoms with van der Waals surface area (Å²) in [7, 11) is -0.986. The molecule has 2 atom stereocenters. The number of hydrogen-bond donors (Lipinski definition) is 0. The molecule has 0 bridgehead atoms. The van der Waals surface area contributed by atoms with Crippen molar-refractivity contribution in [2.24, 2.45) is 5.92 Å². The zero-order valence-electron chi connectivity index (χ0n) is 16.0. The van der Waals surface area contributed by atoms with Gasteiger partial charge in [-0.15, -0.1) is 0 Å². The molecule has 5 nitrogen and oxygen atoms in total. The summed E-state index contributed by atoms with van der Waals surface area (Å²) in [6, 6.07) is 7.30. The average Bonchev–Trinajstić information content (AvgIpc) is 2.78. The van der Waals surface area contributed by atoms with E-state index in [4.69, 9.17) is 9.47 Å². The van der Waals surface area contributed by atoms with Crippen LogP contribution in [0.3, 0.4) is 0 Å². The van der Waals surface area contributed by atoms with Crippen molar-refractivity contribution in [1.82, 2.24) is 4.90 Å². The molecule has 1 aromatic rings. The van der Waals surface area contributed by atoms with Gasteiger partial charge in [0.15, 0.2) is 0 Å². The first kappa shape index (κ1) is 19.8. The number of carbonyl (C=O) groups is 1. The normalized spacial score (nSPS) is 21.0. The van der Waals surface area contributed by atoms with Gasteiger partial charge in [-0.1, -0.05) is 0 Å². The van der Waals surface area contributed by atoms with Crippen LogP contribution < -0.4 is 4.74 Å². The van der Waals surface area contributed by atoms with E-state index in [-0.39, 0.29) is 17.6 Å². The van der Waals surface area contributed by atoms with Crippen molar-refractivity contribution >= 4 is 16.9 Å². The zero-order valence-corrected chi connectivity index (χ0v) is 16.8. The number of hydrogen-bond acceptors (Lipinski definition) is 4. The van der Waals surface area contributed by atoms with E-state index in [1.165, 1.54) is 0 Å². The third kappa shape index (κ3) is 5.46. The fourth-order valence-corrected chi connectivity index (χ4v) is 3.60. The van der Waals surface area contributed by atoms with Crippen LogP contribution in [-0.4, -0.2) is 45.7 Å². The molecule has 2 rings (SSSR count). The van der Waals surface area contributed by atoms with Gasteiger partial charge in [-0.05, 0) is 65.3 Å². The topological polar surface area (TPSA) is 55.8 Å². The molecule has 1 saturated heterocycles. The first-order valence-electron chi connectivity index (χ1n) is 8.55. The highest BCUT2D eigenvalue weighted by atomic mass is 32.2. The molecular formula is C19H29NO4S. The Morgan fingerprint density at radius 1 is 1.28 bits per heavy atom. The molecule has 1 amide bonds. The summed E-state index contributed by atoms with van der Waals surface area (Å²) < 4.78 is 22.8. The number of nitrogens with zero attached hydrogens (tertiary/aromatic N) is 1. The quantitative estimate of drug-likeness (QED) is 0.811. The number of amides is 1. The molecule has 0 aliphatic carbocycles. The summed E-state index contributed by atoms with van der Waals surface area (Å²) in [4.78, 5) is 15.0. The van der Waals surface area contributed by atoms with Crippen LogP contribution in [0.1, 0.15) is 41.0 Å². The highest BCUT2D eigenvalue weighted by molar-refractivity contribution is 7.84. The largest absolute Gasteiger partial charge is 0.493 e. The fraction of sp³-hybridized carbons (Fsp3) is 0.632. The van der Waals surface area contributed by atoms with Gasteiger partial charge in [-0.3, -0.25) is 4.21 Å². The van der Waals surface area contributed by atoms with E-state index in [1.807, 2.05) is 45.0 Å². The Balaban J connectivity index is 1.94. The van der Waals surface area contributed by atoms with Crippen molar-refractivity contribution in [3.05, 3.63) is 24.3 Å². The molecule has 1 aliphatic heterocycles. The van der Waals surface area contributed by atoms with Crippen LogP contribution in [0.4, 0.5) is 4.79 Å². The Kier molecular flexibility index (Phi) is 5.82. The zero-order chi connectivity index (χ0) is 18.8.